The van der Waals surface area contributed by atoms with Gasteiger partial charge in [0.05, 0.1) is 70.3 Å². The summed E-state index contributed by atoms with van der Waals surface area (Å²) in [5.74, 6) is -3.18. The summed E-state index contributed by atoms with van der Waals surface area (Å²) in [6.07, 6.45) is 0. The summed E-state index contributed by atoms with van der Waals surface area (Å²) in [4.78, 5) is 87.2. The van der Waals surface area contributed by atoms with E-state index < -0.39 is 40.3 Å². The zero-order valence-corrected chi connectivity index (χ0v) is 47.4. The van der Waals surface area contributed by atoms with Crippen LogP contribution in [0.15, 0.2) is 115 Å². The average Bonchev–Trinajstić information content (AvgIpc) is 3.33. The third kappa shape index (κ3) is 15.1. The van der Waals surface area contributed by atoms with Crippen LogP contribution >= 0.6 is 0 Å². The van der Waals surface area contributed by atoms with Crippen molar-refractivity contribution in [3.8, 4) is 0 Å². The molecule has 6 N–H and O–H groups in total. The molecule has 394 valence electrons. The van der Waals surface area contributed by atoms with E-state index in [9.17, 15) is 28.8 Å². The second kappa shape index (κ2) is 24.5. The number of carbonyl (C=O) groups is 6. The number of nitrogens with zero attached hydrogens (tertiary/aromatic N) is 1. The van der Waals surface area contributed by atoms with Crippen molar-refractivity contribution in [3.63, 3.8) is 0 Å². The largest absolute Gasteiger partial charge is 0.415 e. The Morgan fingerprint density at radius 1 is 0.419 bits per heavy atom. The number of hydrogen-bond acceptors (Lipinski definition) is 9. The van der Waals surface area contributed by atoms with Crippen LogP contribution in [0.5, 0.6) is 0 Å². The molecule has 6 amide bonds. The fourth-order valence-electron chi connectivity index (χ4n) is 6.92. The standard InChI is InChI=1S/C57H75N7O8Si2/c1-36(2)48(34-71-73(11,12)56(5,6)7)63-52(67)38-24-15-19-28-42(38)59-50(65)40-26-17-21-30-44(40)61-54(69)46-32-23-33-47(58-46)55(70)62-45-31-22-18-27-41(45)51(66)60-43-29-20-16-25-39(43)53(68)64-49(37(3)4)35-72-74(13,14)57(8,9)10/h15-33,36-37,48-49H,34-35H2,1-14H3,(H,59,65)(H,60,66)(H,61,69)(H,62,70)(H,63,67)(H,64,68)/t48-,49-/m1/s1. The summed E-state index contributed by atoms with van der Waals surface area (Å²) in [5.41, 5.74) is 1.34. The Balaban J connectivity index is 1.26. The number of nitrogens with one attached hydrogen (secondary N) is 6. The monoisotopic (exact) mass is 1040 g/mol. The Kier molecular flexibility index (Phi) is 19.2. The minimum absolute atomic E-state index is 0.00180. The highest BCUT2D eigenvalue weighted by molar-refractivity contribution is 6.74. The predicted molar refractivity (Wildman–Crippen MR) is 300 cm³/mol. The van der Waals surface area contributed by atoms with Gasteiger partial charge < -0.3 is 40.8 Å². The SMILES string of the molecule is CC(C)[C@@H](CO[Si](C)(C)C(C)(C)C)NC(=O)c1ccccc1NC(=O)c1ccccc1NC(=O)c1cccc(C(=O)Nc2ccccc2C(=O)Nc2ccccc2C(=O)N[C@H](CO[Si](C)(C)C(C)(C)C)C(C)C)n1. The Bertz CT molecular complexity index is 2650. The summed E-state index contributed by atoms with van der Waals surface area (Å²) in [5, 5.41) is 17.4. The molecule has 4 aromatic carbocycles. The molecule has 0 aliphatic heterocycles. The minimum atomic E-state index is -2.09. The van der Waals surface area contributed by atoms with Crippen molar-refractivity contribution in [1.29, 1.82) is 0 Å². The average molecular weight is 1040 g/mol. The van der Waals surface area contributed by atoms with E-state index in [0.717, 1.165) is 0 Å². The smallest absolute Gasteiger partial charge is 0.274 e. The van der Waals surface area contributed by atoms with Crippen LogP contribution in [-0.2, 0) is 8.85 Å². The van der Waals surface area contributed by atoms with Crippen LogP contribution in [0.2, 0.25) is 36.3 Å². The molecule has 0 saturated heterocycles. The van der Waals surface area contributed by atoms with E-state index in [1.54, 1.807) is 84.9 Å². The number of carbonyl (C=O) groups excluding carboxylic acids is 6. The van der Waals surface area contributed by atoms with Gasteiger partial charge >= 0.3 is 0 Å². The van der Waals surface area contributed by atoms with E-state index in [1.165, 1.54) is 30.3 Å². The summed E-state index contributed by atoms with van der Waals surface area (Å²) in [7, 11) is -4.18. The lowest BCUT2D eigenvalue weighted by molar-refractivity contribution is 0.0893. The maximum atomic E-state index is 13.9. The summed E-state index contributed by atoms with van der Waals surface area (Å²) >= 11 is 0. The second-order valence-electron chi connectivity index (χ2n) is 22.2. The molecule has 0 spiro atoms. The Morgan fingerprint density at radius 2 is 0.689 bits per heavy atom. The van der Waals surface area contributed by atoms with Gasteiger partial charge in [0.15, 0.2) is 16.6 Å². The van der Waals surface area contributed by atoms with Crippen molar-refractivity contribution in [3.05, 3.63) is 149 Å². The van der Waals surface area contributed by atoms with Crippen LogP contribution in [0.3, 0.4) is 0 Å². The molecular formula is C57H75N7O8Si2. The third-order valence-electron chi connectivity index (χ3n) is 14.0. The highest BCUT2D eigenvalue weighted by Crippen LogP contribution is 2.38. The number of pyridine rings is 1. The number of para-hydroxylation sites is 4. The van der Waals surface area contributed by atoms with E-state index in [2.05, 4.69) is 105 Å². The highest BCUT2D eigenvalue weighted by atomic mass is 28.4. The molecule has 5 rings (SSSR count). The molecule has 1 aromatic heterocycles. The number of anilines is 4. The van der Waals surface area contributed by atoms with Crippen LogP contribution in [0.1, 0.15) is 132 Å². The van der Waals surface area contributed by atoms with Crippen molar-refractivity contribution in [1.82, 2.24) is 15.6 Å². The molecule has 17 heteroatoms. The molecule has 5 aromatic rings. The quantitative estimate of drug-likeness (QED) is 0.0410. The lowest BCUT2D eigenvalue weighted by Gasteiger charge is -2.38. The molecule has 0 aliphatic rings. The first-order valence-electron chi connectivity index (χ1n) is 25.1. The second-order valence-corrected chi connectivity index (χ2v) is 31.8. The molecule has 2 atom stereocenters. The van der Waals surface area contributed by atoms with Gasteiger partial charge in [-0.05, 0) is 109 Å². The molecule has 0 aliphatic carbocycles. The normalized spacial score (nSPS) is 12.9. The van der Waals surface area contributed by atoms with Gasteiger partial charge in [0.1, 0.15) is 11.4 Å². The van der Waals surface area contributed by atoms with Crippen molar-refractivity contribution in [2.45, 2.75) is 118 Å². The van der Waals surface area contributed by atoms with Gasteiger partial charge in [-0.2, -0.15) is 0 Å². The third-order valence-corrected chi connectivity index (χ3v) is 23.0. The maximum absolute atomic E-state index is 13.9. The van der Waals surface area contributed by atoms with E-state index in [0.29, 0.717) is 13.2 Å². The number of rotatable bonds is 20. The first-order valence-corrected chi connectivity index (χ1v) is 30.9. The van der Waals surface area contributed by atoms with Crippen LogP contribution < -0.4 is 31.9 Å². The first-order chi connectivity index (χ1) is 34.6. The number of aromatic nitrogens is 1. The van der Waals surface area contributed by atoms with Gasteiger partial charge in [0, 0.05) is 0 Å². The molecule has 15 nitrogen and oxygen atoms in total. The molecule has 0 unspecified atom stereocenters. The topological polar surface area (TPSA) is 206 Å². The van der Waals surface area contributed by atoms with Gasteiger partial charge in [-0.3, -0.25) is 28.8 Å². The fraction of sp³-hybridized carbons (Fsp3) is 0.386. The predicted octanol–water partition coefficient (Wildman–Crippen LogP) is 11.6. The Labute approximate surface area is 439 Å². The lowest BCUT2D eigenvalue weighted by Crippen LogP contribution is -2.48. The molecule has 74 heavy (non-hydrogen) atoms. The van der Waals surface area contributed by atoms with E-state index in [4.69, 9.17) is 8.85 Å². The summed E-state index contributed by atoms with van der Waals surface area (Å²) in [6.45, 7) is 30.4. The summed E-state index contributed by atoms with van der Waals surface area (Å²) < 4.78 is 12.9. The van der Waals surface area contributed by atoms with Gasteiger partial charge in [-0.15, -0.1) is 0 Å². The fourth-order valence-corrected chi connectivity index (χ4v) is 8.98. The Morgan fingerprint density at radius 3 is 0.973 bits per heavy atom. The summed E-state index contributed by atoms with van der Waals surface area (Å²) in [6, 6.07) is 29.9. The highest BCUT2D eigenvalue weighted by Gasteiger charge is 2.39. The number of benzene rings is 4. The van der Waals surface area contributed by atoms with Crippen molar-refractivity contribution in [2.24, 2.45) is 11.8 Å². The van der Waals surface area contributed by atoms with Crippen molar-refractivity contribution < 1.29 is 37.6 Å². The van der Waals surface area contributed by atoms with Gasteiger partial charge in [-0.1, -0.05) is 124 Å². The first kappa shape index (κ1) is 58.1. The lowest BCUT2D eigenvalue weighted by atomic mass is 10.0. The van der Waals surface area contributed by atoms with E-state index >= 15 is 0 Å². The van der Waals surface area contributed by atoms with Crippen LogP contribution in [0.4, 0.5) is 22.7 Å². The number of amides is 6. The van der Waals surface area contributed by atoms with Crippen molar-refractivity contribution >= 4 is 74.8 Å². The molecule has 0 bridgehead atoms. The van der Waals surface area contributed by atoms with Crippen LogP contribution in [0.25, 0.3) is 0 Å². The molecule has 1 heterocycles. The molecule has 0 saturated carbocycles. The van der Waals surface area contributed by atoms with Crippen molar-refractivity contribution in [2.75, 3.05) is 34.5 Å². The van der Waals surface area contributed by atoms with Crippen LogP contribution in [-0.4, -0.2) is 82.4 Å². The molecule has 0 radical (unpaired) electrons. The number of hydrogen-bond donors (Lipinski definition) is 6. The molecular weight excluding hydrogens is 967 g/mol. The van der Waals surface area contributed by atoms with E-state index in [-0.39, 0.29) is 102 Å². The van der Waals surface area contributed by atoms with Gasteiger partial charge in [0.25, 0.3) is 35.4 Å². The zero-order chi connectivity index (χ0) is 54.8. The zero-order valence-electron chi connectivity index (χ0n) is 45.4. The van der Waals surface area contributed by atoms with Gasteiger partial charge in [0.2, 0.25) is 0 Å². The van der Waals surface area contributed by atoms with Crippen LogP contribution in [0, 0.1) is 11.8 Å². The molecule has 0 fully saturated rings. The maximum Gasteiger partial charge on any atom is 0.274 e. The minimum Gasteiger partial charge on any atom is -0.415 e. The van der Waals surface area contributed by atoms with Gasteiger partial charge in [-0.25, -0.2) is 4.98 Å². The van der Waals surface area contributed by atoms with E-state index in [1.807, 2.05) is 27.7 Å². The Hall–Kier alpha value is -6.80.